The van der Waals surface area contributed by atoms with Crippen molar-refractivity contribution >= 4 is 5.69 Å². The van der Waals surface area contributed by atoms with Gasteiger partial charge in [-0.1, -0.05) is 24.3 Å². The van der Waals surface area contributed by atoms with Gasteiger partial charge in [0.15, 0.2) is 0 Å². The first kappa shape index (κ1) is 14.1. The zero-order valence-electron chi connectivity index (χ0n) is 11.0. The van der Waals surface area contributed by atoms with Crippen LogP contribution in [-0.2, 0) is 6.54 Å². The molecule has 5 heteroatoms. The molecule has 1 N–H and O–H groups in total. The van der Waals surface area contributed by atoms with Gasteiger partial charge in [0.25, 0.3) is 5.69 Å². The summed E-state index contributed by atoms with van der Waals surface area (Å²) in [6.07, 6.45) is 0. The molecule has 2 rings (SSSR count). The number of nitrogens with one attached hydrogen (secondary N) is 1. The molecule has 0 radical (unpaired) electrons. The van der Waals surface area contributed by atoms with Crippen LogP contribution >= 0.6 is 0 Å². The minimum Gasteiger partial charge on any atom is -0.306 e. The van der Waals surface area contributed by atoms with Crippen molar-refractivity contribution in [2.75, 3.05) is 0 Å². The van der Waals surface area contributed by atoms with Crippen LogP contribution in [-0.4, -0.2) is 4.92 Å². The Morgan fingerprint density at radius 3 is 2.30 bits per heavy atom. The van der Waals surface area contributed by atoms with Crippen LogP contribution in [0.4, 0.5) is 10.1 Å². The van der Waals surface area contributed by atoms with Gasteiger partial charge in [-0.2, -0.15) is 0 Å². The molecule has 104 valence electrons. The molecule has 2 aromatic rings. The number of nitrogens with zero attached hydrogens (tertiary/aromatic N) is 1. The normalized spacial score (nSPS) is 12.1. The average Bonchev–Trinajstić information content (AvgIpc) is 2.46. The Morgan fingerprint density at radius 2 is 1.75 bits per heavy atom. The van der Waals surface area contributed by atoms with Gasteiger partial charge >= 0.3 is 0 Å². The molecule has 0 amide bonds. The van der Waals surface area contributed by atoms with E-state index >= 15 is 0 Å². The molecule has 0 aliphatic rings. The van der Waals surface area contributed by atoms with Gasteiger partial charge in [0.2, 0.25) is 0 Å². The molecular weight excluding hydrogens is 259 g/mol. The van der Waals surface area contributed by atoms with Crippen LogP contribution < -0.4 is 5.32 Å². The Bertz CT molecular complexity index is 582. The second-order valence-corrected chi connectivity index (χ2v) is 4.58. The first-order chi connectivity index (χ1) is 9.56. The molecule has 2 aromatic carbocycles. The van der Waals surface area contributed by atoms with E-state index in [0.29, 0.717) is 6.54 Å². The maximum atomic E-state index is 12.8. The van der Waals surface area contributed by atoms with Gasteiger partial charge in [0.1, 0.15) is 5.82 Å². The van der Waals surface area contributed by atoms with Crippen molar-refractivity contribution in [1.29, 1.82) is 0 Å². The van der Waals surface area contributed by atoms with E-state index in [2.05, 4.69) is 5.32 Å². The molecule has 20 heavy (non-hydrogen) atoms. The van der Waals surface area contributed by atoms with E-state index in [-0.39, 0.29) is 17.5 Å². The van der Waals surface area contributed by atoms with E-state index in [1.54, 1.807) is 24.3 Å². The van der Waals surface area contributed by atoms with Crippen LogP contribution in [0.15, 0.2) is 48.5 Å². The van der Waals surface area contributed by atoms with Crippen molar-refractivity contribution in [3.8, 4) is 0 Å². The van der Waals surface area contributed by atoms with E-state index < -0.39 is 4.92 Å². The highest BCUT2D eigenvalue weighted by molar-refractivity contribution is 5.32. The van der Waals surface area contributed by atoms with Gasteiger partial charge in [0.05, 0.1) is 4.92 Å². The average molecular weight is 274 g/mol. The second-order valence-electron chi connectivity index (χ2n) is 4.58. The Kier molecular flexibility index (Phi) is 4.42. The highest BCUT2D eigenvalue weighted by Crippen LogP contribution is 2.15. The first-order valence-electron chi connectivity index (χ1n) is 6.28. The molecule has 0 aliphatic carbocycles. The Labute approximate surface area is 116 Å². The third-order valence-electron chi connectivity index (χ3n) is 3.13. The highest BCUT2D eigenvalue weighted by atomic mass is 19.1. The fourth-order valence-electron chi connectivity index (χ4n) is 1.88. The van der Waals surface area contributed by atoms with Gasteiger partial charge in [-0.3, -0.25) is 10.1 Å². The molecule has 0 heterocycles. The summed E-state index contributed by atoms with van der Waals surface area (Å²) in [5, 5.41) is 13.8. The lowest BCUT2D eigenvalue weighted by molar-refractivity contribution is -0.384. The lowest BCUT2D eigenvalue weighted by Crippen LogP contribution is -2.18. The number of nitro benzene ring substituents is 1. The zero-order valence-corrected chi connectivity index (χ0v) is 11.0. The Morgan fingerprint density at radius 1 is 1.15 bits per heavy atom. The van der Waals surface area contributed by atoms with Gasteiger partial charge < -0.3 is 5.32 Å². The first-order valence-corrected chi connectivity index (χ1v) is 6.28. The Hall–Kier alpha value is -2.27. The van der Waals surface area contributed by atoms with Crippen LogP contribution in [0.5, 0.6) is 0 Å². The SMILES string of the molecule is CC(NCc1ccc([N+](=O)[O-])cc1)c1ccc(F)cc1. The van der Waals surface area contributed by atoms with Crippen LogP contribution in [0.2, 0.25) is 0 Å². The quantitative estimate of drug-likeness (QED) is 0.669. The van der Waals surface area contributed by atoms with Crippen LogP contribution in [0, 0.1) is 15.9 Å². The van der Waals surface area contributed by atoms with Crippen molar-refractivity contribution < 1.29 is 9.31 Å². The maximum Gasteiger partial charge on any atom is 0.269 e. The molecule has 0 aromatic heterocycles. The monoisotopic (exact) mass is 274 g/mol. The standard InChI is InChI=1S/C15H15FN2O2/c1-11(13-4-6-14(16)7-5-13)17-10-12-2-8-15(9-3-12)18(19)20/h2-9,11,17H,10H2,1H3. The van der Waals surface area contributed by atoms with Crippen molar-refractivity contribution in [1.82, 2.24) is 5.32 Å². The fourth-order valence-corrected chi connectivity index (χ4v) is 1.88. The molecular formula is C15H15FN2O2. The molecule has 0 saturated carbocycles. The smallest absolute Gasteiger partial charge is 0.269 e. The highest BCUT2D eigenvalue weighted by Gasteiger charge is 2.07. The third kappa shape index (κ3) is 3.61. The lowest BCUT2D eigenvalue weighted by atomic mass is 10.1. The van der Waals surface area contributed by atoms with Gasteiger partial charge in [0, 0.05) is 24.7 Å². The summed E-state index contributed by atoms with van der Waals surface area (Å²) < 4.78 is 12.8. The third-order valence-corrected chi connectivity index (χ3v) is 3.13. The molecule has 1 atom stereocenters. The zero-order chi connectivity index (χ0) is 14.5. The van der Waals surface area contributed by atoms with Crippen molar-refractivity contribution in [3.63, 3.8) is 0 Å². The molecule has 1 unspecified atom stereocenters. The van der Waals surface area contributed by atoms with Gasteiger partial charge in [-0.15, -0.1) is 0 Å². The summed E-state index contributed by atoms with van der Waals surface area (Å²) in [7, 11) is 0. The van der Waals surface area contributed by atoms with E-state index in [1.165, 1.54) is 24.3 Å². The molecule has 4 nitrogen and oxygen atoms in total. The van der Waals surface area contributed by atoms with Gasteiger partial charge in [-0.05, 0) is 30.2 Å². The number of nitro groups is 1. The number of rotatable bonds is 5. The number of hydrogen-bond acceptors (Lipinski definition) is 3. The number of benzene rings is 2. The van der Waals surface area contributed by atoms with Crippen molar-refractivity contribution in [3.05, 3.63) is 75.6 Å². The van der Waals surface area contributed by atoms with E-state index in [0.717, 1.165) is 11.1 Å². The summed E-state index contributed by atoms with van der Waals surface area (Å²) >= 11 is 0. The molecule has 0 bridgehead atoms. The number of non-ortho nitro benzene ring substituents is 1. The van der Waals surface area contributed by atoms with E-state index in [4.69, 9.17) is 0 Å². The van der Waals surface area contributed by atoms with Crippen LogP contribution in [0.3, 0.4) is 0 Å². The number of hydrogen-bond donors (Lipinski definition) is 1. The summed E-state index contributed by atoms with van der Waals surface area (Å²) in [6, 6.07) is 12.8. The molecule has 0 spiro atoms. The number of halogens is 1. The Balaban J connectivity index is 1.94. The predicted molar refractivity (Wildman–Crippen MR) is 74.8 cm³/mol. The molecule has 0 aliphatic heterocycles. The summed E-state index contributed by atoms with van der Waals surface area (Å²) in [6.45, 7) is 2.58. The summed E-state index contributed by atoms with van der Waals surface area (Å²) in [5.74, 6) is -0.253. The van der Waals surface area contributed by atoms with Gasteiger partial charge in [-0.25, -0.2) is 4.39 Å². The summed E-state index contributed by atoms with van der Waals surface area (Å²) in [5.41, 5.74) is 2.04. The van der Waals surface area contributed by atoms with Crippen molar-refractivity contribution in [2.24, 2.45) is 0 Å². The fraction of sp³-hybridized carbons (Fsp3) is 0.200. The maximum absolute atomic E-state index is 12.8. The van der Waals surface area contributed by atoms with Crippen molar-refractivity contribution in [2.45, 2.75) is 19.5 Å². The van der Waals surface area contributed by atoms with E-state index in [9.17, 15) is 14.5 Å². The second kappa shape index (κ2) is 6.25. The van der Waals surface area contributed by atoms with Crippen LogP contribution in [0.25, 0.3) is 0 Å². The molecule has 0 fully saturated rings. The largest absolute Gasteiger partial charge is 0.306 e. The topological polar surface area (TPSA) is 55.2 Å². The summed E-state index contributed by atoms with van der Waals surface area (Å²) in [4.78, 5) is 10.1. The van der Waals surface area contributed by atoms with Crippen LogP contribution in [0.1, 0.15) is 24.1 Å². The minimum absolute atomic E-state index is 0.0748. The molecule has 0 saturated heterocycles. The van der Waals surface area contributed by atoms with E-state index in [1.807, 2.05) is 6.92 Å². The predicted octanol–water partition coefficient (Wildman–Crippen LogP) is 3.58. The minimum atomic E-state index is -0.418. The lowest BCUT2D eigenvalue weighted by Gasteiger charge is -2.14.